The number of nitrogens with zero attached hydrogens (tertiary/aromatic N) is 2. The fourth-order valence-electron chi connectivity index (χ4n) is 1.91. The van der Waals surface area contributed by atoms with Crippen molar-refractivity contribution in [3.05, 3.63) is 54.6 Å². The lowest BCUT2D eigenvalue weighted by atomic mass is 10.3. The summed E-state index contributed by atoms with van der Waals surface area (Å²) in [6.45, 7) is 0.220. The van der Waals surface area contributed by atoms with E-state index in [4.69, 9.17) is 0 Å². The maximum absolute atomic E-state index is 12.3. The molecule has 3 aromatic heterocycles. The van der Waals surface area contributed by atoms with Gasteiger partial charge in [-0.15, -0.1) is 0 Å². The molecule has 0 atom stereocenters. The minimum absolute atomic E-state index is 0.203. The molecule has 6 nitrogen and oxygen atoms in total. The monoisotopic (exact) mass is 288 g/mol. The van der Waals surface area contributed by atoms with Crippen LogP contribution in [0.5, 0.6) is 0 Å². The zero-order valence-electron chi connectivity index (χ0n) is 10.4. The van der Waals surface area contributed by atoms with Gasteiger partial charge in [-0.25, -0.2) is 18.1 Å². The van der Waals surface area contributed by atoms with Gasteiger partial charge in [-0.2, -0.15) is 0 Å². The highest BCUT2D eigenvalue weighted by Crippen LogP contribution is 2.20. The molecule has 0 saturated carbocycles. The van der Waals surface area contributed by atoms with Gasteiger partial charge in [-0.1, -0.05) is 0 Å². The Morgan fingerprint density at radius 2 is 1.95 bits per heavy atom. The van der Waals surface area contributed by atoms with Crippen LogP contribution in [0.4, 0.5) is 0 Å². The summed E-state index contributed by atoms with van der Waals surface area (Å²) in [6.07, 6.45) is 6.31. The summed E-state index contributed by atoms with van der Waals surface area (Å²) in [5.74, 6) is 0. The number of sulfonamides is 1. The van der Waals surface area contributed by atoms with Crippen LogP contribution in [0.3, 0.4) is 0 Å². The van der Waals surface area contributed by atoms with Crippen molar-refractivity contribution in [2.45, 2.75) is 11.4 Å². The lowest BCUT2D eigenvalue weighted by Crippen LogP contribution is -2.23. The second-order valence-electron chi connectivity index (χ2n) is 4.23. The number of hydrogen-bond acceptors (Lipinski definition) is 4. The summed E-state index contributed by atoms with van der Waals surface area (Å²) < 4.78 is 27.2. The van der Waals surface area contributed by atoms with E-state index >= 15 is 0 Å². The van der Waals surface area contributed by atoms with Gasteiger partial charge in [0, 0.05) is 36.7 Å². The van der Waals surface area contributed by atoms with E-state index in [0.717, 1.165) is 5.56 Å². The molecule has 3 heterocycles. The summed E-state index contributed by atoms with van der Waals surface area (Å²) in [7, 11) is -3.58. The van der Waals surface area contributed by atoms with Gasteiger partial charge < -0.3 is 4.98 Å². The second-order valence-corrected chi connectivity index (χ2v) is 5.97. The van der Waals surface area contributed by atoms with E-state index in [-0.39, 0.29) is 11.4 Å². The molecule has 102 valence electrons. The number of nitrogens with one attached hydrogen (secondary N) is 2. The lowest BCUT2D eigenvalue weighted by molar-refractivity contribution is 0.582. The Morgan fingerprint density at radius 3 is 2.75 bits per heavy atom. The Balaban J connectivity index is 1.89. The van der Waals surface area contributed by atoms with E-state index in [9.17, 15) is 8.42 Å². The smallest absolute Gasteiger partial charge is 0.243 e. The highest BCUT2D eigenvalue weighted by molar-refractivity contribution is 7.89. The Hall–Kier alpha value is -2.25. The molecule has 0 bridgehead atoms. The average molecular weight is 288 g/mol. The molecule has 0 fully saturated rings. The number of rotatable bonds is 4. The molecule has 0 radical (unpaired) electrons. The van der Waals surface area contributed by atoms with Crippen LogP contribution >= 0.6 is 0 Å². The SMILES string of the molecule is O=S(=O)(NCc1ccncc1)c1c[nH]c2ncccc12. The first-order valence-electron chi connectivity index (χ1n) is 5.97. The lowest BCUT2D eigenvalue weighted by Gasteiger charge is -2.05. The normalized spacial score (nSPS) is 11.8. The predicted molar refractivity (Wildman–Crippen MR) is 74.4 cm³/mol. The fraction of sp³-hybridized carbons (Fsp3) is 0.0769. The molecule has 0 unspecified atom stereocenters. The summed E-state index contributed by atoms with van der Waals surface area (Å²) in [5, 5.41) is 0.578. The zero-order valence-corrected chi connectivity index (χ0v) is 11.3. The molecule has 0 aliphatic heterocycles. The molecule has 3 aromatic rings. The number of aromatic nitrogens is 3. The summed E-state index contributed by atoms with van der Waals surface area (Å²) in [5.41, 5.74) is 1.40. The molecule has 0 aromatic carbocycles. The highest BCUT2D eigenvalue weighted by atomic mass is 32.2. The molecule has 20 heavy (non-hydrogen) atoms. The van der Waals surface area contributed by atoms with Crippen molar-refractivity contribution >= 4 is 21.1 Å². The minimum atomic E-state index is -3.58. The number of pyridine rings is 2. The summed E-state index contributed by atoms with van der Waals surface area (Å²) in [6, 6.07) is 6.95. The van der Waals surface area contributed by atoms with Gasteiger partial charge in [0.1, 0.15) is 10.5 Å². The molecular formula is C13H12N4O2S. The van der Waals surface area contributed by atoms with E-state index < -0.39 is 10.0 Å². The largest absolute Gasteiger partial charge is 0.345 e. The molecular weight excluding hydrogens is 276 g/mol. The van der Waals surface area contributed by atoms with Crippen LogP contribution in [0.25, 0.3) is 11.0 Å². The van der Waals surface area contributed by atoms with Crippen LogP contribution in [0.15, 0.2) is 53.9 Å². The van der Waals surface area contributed by atoms with E-state index in [1.807, 2.05) is 0 Å². The van der Waals surface area contributed by atoms with Gasteiger partial charge in [0.05, 0.1) is 0 Å². The zero-order chi connectivity index (χ0) is 14.0. The molecule has 0 spiro atoms. The van der Waals surface area contributed by atoms with Crippen molar-refractivity contribution < 1.29 is 8.42 Å². The molecule has 0 aliphatic carbocycles. The van der Waals surface area contributed by atoms with Crippen molar-refractivity contribution in [2.24, 2.45) is 0 Å². The van der Waals surface area contributed by atoms with Crippen molar-refractivity contribution in [2.75, 3.05) is 0 Å². The van der Waals surface area contributed by atoms with Crippen LogP contribution < -0.4 is 4.72 Å². The van der Waals surface area contributed by atoms with Crippen LogP contribution in [-0.4, -0.2) is 23.4 Å². The Labute approximate surface area is 115 Å². The second kappa shape index (κ2) is 5.03. The van der Waals surface area contributed by atoms with E-state index in [1.54, 1.807) is 42.9 Å². The number of hydrogen-bond donors (Lipinski definition) is 2. The van der Waals surface area contributed by atoms with Crippen LogP contribution in [-0.2, 0) is 16.6 Å². The van der Waals surface area contributed by atoms with Crippen LogP contribution in [0, 0.1) is 0 Å². The van der Waals surface area contributed by atoms with Gasteiger partial charge in [0.2, 0.25) is 10.0 Å². The average Bonchev–Trinajstić information content (AvgIpc) is 2.91. The van der Waals surface area contributed by atoms with Gasteiger partial charge in [0.15, 0.2) is 0 Å². The third kappa shape index (κ3) is 2.40. The van der Waals surface area contributed by atoms with Gasteiger partial charge in [-0.3, -0.25) is 4.98 Å². The third-order valence-electron chi connectivity index (χ3n) is 2.92. The Morgan fingerprint density at radius 1 is 1.15 bits per heavy atom. The summed E-state index contributed by atoms with van der Waals surface area (Å²) in [4.78, 5) is 11.0. The highest BCUT2D eigenvalue weighted by Gasteiger charge is 2.18. The van der Waals surface area contributed by atoms with E-state index in [0.29, 0.717) is 11.0 Å². The third-order valence-corrected chi connectivity index (χ3v) is 4.36. The maximum atomic E-state index is 12.3. The first-order chi connectivity index (χ1) is 9.67. The van der Waals surface area contributed by atoms with Gasteiger partial charge in [0.25, 0.3) is 0 Å². The first-order valence-corrected chi connectivity index (χ1v) is 7.46. The topological polar surface area (TPSA) is 87.7 Å². The first kappa shape index (κ1) is 12.8. The molecule has 7 heteroatoms. The van der Waals surface area contributed by atoms with Gasteiger partial charge in [-0.05, 0) is 29.8 Å². The predicted octanol–water partition coefficient (Wildman–Crippen LogP) is 1.44. The molecule has 2 N–H and O–H groups in total. The van der Waals surface area contributed by atoms with Crippen molar-refractivity contribution in [3.63, 3.8) is 0 Å². The van der Waals surface area contributed by atoms with Crippen LogP contribution in [0.2, 0.25) is 0 Å². The number of fused-ring (bicyclic) bond motifs is 1. The maximum Gasteiger partial charge on any atom is 0.243 e. The van der Waals surface area contributed by atoms with Crippen LogP contribution in [0.1, 0.15) is 5.56 Å². The minimum Gasteiger partial charge on any atom is -0.345 e. The van der Waals surface area contributed by atoms with Crippen molar-refractivity contribution in [1.82, 2.24) is 19.7 Å². The number of H-pyrrole nitrogens is 1. The quantitative estimate of drug-likeness (QED) is 0.760. The molecule has 3 rings (SSSR count). The molecule has 0 amide bonds. The van der Waals surface area contributed by atoms with E-state index in [2.05, 4.69) is 19.7 Å². The standard InChI is InChI=1S/C13H12N4O2S/c18-20(19,17-8-10-3-6-14-7-4-10)12-9-16-13-11(12)2-1-5-15-13/h1-7,9,17H,8H2,(H,15,16). The number of aromatic amines is 1. The van der Waals surface area contributed by atoms with Crippen molar-refractivity contribution in [3.8, 4) is 0 Å². The fourth-order valence-corrected chi connectivity index (χ4v) is 3.09. The van der Waals surface area contributed by atoms with E-state index in [1.165, 1.54) is 6.20 Å². The Bertz CT molecular complexity index is 828. The summed E-state index contributed by atoms with van der Waals surface area (Å²) >= 11 is 0. The molecule has 0 saturated heterocycles. The molecule has 0 aliphatic rings. The van der Waals surface area contributed by atoms with Crippen molar-refractivity contribution in [1.29, 1.82) is 0 Å². The Kier molecular flexibility index (Phi) is 3.21. The van der Waals surface area contributed by atoms with Gasteiger partial charge >= 0.3 is 0 Å².